The Balaban J connectivity index is 4.36. The van der Waals surface area contributed by atoms with Gasteiger partial charge in [0.2, 0.25) is 0 Å². The maximum absolute atomic E-state index is 12.9. The van der Waals surface area contributed by atoms with E-state index in [4.69, 9.17) is 14.2 Å². The molecule has 6 heteroatoms. The Morgan fingerprint density at radius 3 is 0.790 bits per heavy atom. The van der Waals surface area contributed by atoms with Crippen molar-refractivity contribution in [1.29, 1.82) is 0 Å². The van der Waals surface area contributed by atoms with E-state index < -0.39 is 6.10 Å². The van der Waals surface area contributed by atoms with Crippen LogP contribution in [0.1, 0.15) is 342 Å². The molecule has 1 atom stereocenters. The molecule has 0 aromatic heterocycles. The van der Waals surface area contributed by atoms with Gasteiger partial charge in [-0.15, -0.1) is 0 Å². The maximum Gasteiger partial charge on any atom is 0.306 e. The minimum absolute atomic E-state index is 0.0961. The van der Waals surface area contributed by atoms with Crippen LogP contribution in [-0.4, -0.2) is 37.2 Å². The summed E-state index contributed by atoms with van der Waals surface area (Å²) in [5, 5.41) is 0. The van der Waals surface area contributed by atoms with Gasteiger partial charge in [-0.1, -0.05) is 298 Å². The maximum atomic E-state index is 12.9. The highest BCUT2D eigenvalue weighted by atomic mass is 16.6. The fraction of sp³-hybridized carbons (Fsp3) is 0.747. The minimum atomic E-state index is -0.806. The van der Waals surface area contributed by atoms with E-state index in [2.05, 4.69) is 118 Å². The molecule has 0 bridgehead atoms. The molecule has 0 heterocycles. The standard InChI is InChI=1S/C75H130O6/c1-4-7-10-13-16-19-22-25-28-30-32-34-35-36-37-38-39-41-42-44-47-50-53-56-59-62-65-68-74(77)80-71-72(70-79-73(76)67-64-61-58-55-52-49-46-27-24-21-18-15-12-9-6-3)81-75(78)69-66-63-60-57-54-51-48-45-43-40-33-31-29-26-23-20-17-14-11-8-5-2/h8,11,17,20,26-27,29-30,32-33,40,45-46,48,54,57,72H,4-7,9-10,12-16,18-19,21-25,28,31,34-39,41-44,47,49-53,55-56,58-71H2,1-3H3/b11-8-,20-17-,29-26-,32-30-,40-33-,46-27-,48-45-,57-54-. The van der Waals surface area contributed by atoms with Crippen LogP contribution in [0.4, 0.5) is 0 Å². The Bertz CT molecular complexity index is 1580. The molecule has 0 saturated heterocycles. The first-order valence-corrected chi connectivity index (χ1v) is 34.7. The summed E-state index contributed by atoms with van der Waals surface area (Å²) in [5.41, 5.74) is 0. The summed E-state index contributed by atoms with van der Waals surface area (Å²) in [7, 11) is 0. The van der Waals surface area contributed by atoms with Gasteiger partial charge in [-0.05, 0) is 122 Å². The molecule has 1 unspecified atom stereocenters. The van der Waals surface area contributed by atoms with Crippen molar-refractivity contribution in [3.8, 4) is 0 Å². The molecule has 0 aliphatic rings. The summed E-state index contributed by atoms with van der Waals surface area (Å²) in [5.74, 6) is -0.935. The summed E-state index contributed by atoms with van der Waals surface area (Å²) in [6.45, 7) is 6.52. The number of esters is 3. The number of rotatable bonds is 63. The third-order valence-corrected chi connectivity index (χ3v) is 15.0. The van der Waals surface area contributed by atoms with Gasteiger partial charge in [0, 0.05) is 19.3 Å². The molecule has 466 valence electrons. The lowest BCUT2D eigenvalue weighted by atomic mass is 10.0. The molecule has 0 fully saturated rings. The van der Waals surface area contributed by atoms with Crippen molar-refractivity contribution in [2.24, 2.45) is 0 Å². The number of carbonyl (C=O) groups excluding carboxylic acids is 3. The lowest BCUT2D eigenvalue weighted by Gasteiger charge is -2.18. The van der Waals surface area contributed by atoms with Crippen LogP contribution in [0.25, 0.3) is 0 Å². The van der Waals surface area contributed by atoms with Gasteiger partial charge < -0.3 is 14.2 Å². The van der Waals surface area contributed by atoms with Gasteiger partial charge in [-0.3, -0.25) is 14.4 Å². The second-order valence-electron chi connectivity index (χ2n) is 23.1. The molecule has 0 radical (unpaired) electrons. The lowest BCUT2D eigenvalue weighted by molar-refractivity contribution is -0.167. The average Bonchev–Trinajstić information content (AvgIpc) is 3.47. The average molecular weight is 1130 g/mol. The quantitative estimate of drug-likeness (QED) is 0.0261. The molecular weight excluding hydrogens is 997 g/mol. The molecule has 0 aromatic rings. The first-order valence-electron chi connectivity index (χ1n) is 34.7. The number of hydrogen-bond acceptors (Lipinski definition) is 6. The predicted octanol–water partition coefficient (Wildman–Crippen LogP) is 24.0. The Morgan fingerprint density at radius 2 is 0.481 bits per heavy atom. The van der Waals surface area contributed by atoms with E-state index in [1.54, 1.807) is 0 Å². The van der Waals surface area contributed by atoms with Crippen molar-refractivity contribution in [2.45, 2.75) is 348 Å². The molecule has 0 spiro atoms. The second kappa shape index (κ2) is 68.8. The van der Waals surface area contributed by atoms with Crippen molar-refractivity contribution in [1.82, 2.24) is 0 Å². The van der Waals surface area contributed by atoms with Crippen LogP contribution in [0.5, 0.6) is 0 Å². The van der Waals surface area contributed by atoms with Crippen molar-refractivity contribution < 1.29 is 28.6 Å². The summed E-state index contributed by atoms with van der Waals surface area (Å²) in [6, 6.07) is 0. The van der Waals surface area contributed by atoms with Crippen molar-refractivity contribution in [2.75, 3.05) is 13.2 Å². The molecule has 0 rings (SSSR count). The molecule has 0 aromatic carbocycles. The zero-order valence-corrected chi connectivity index (χ0v) is 53.5. The molecule has 0 N–H and O–H groups in total. The SMILES string of the molecule is CC/C=C\C/C=C\C/C=C\C/C=C\C/C=C\C/C=C\CCCCC(=O)OC(COC(=O)CCCCCCC/C=C\CCCCCCCC)COC(=O)CCCCCCCCCCCCCCCCC/C=C\CCCCCCCCCC. The van der Waals surface area contributed by atoms with Crippen LogP contribution in [0.2, 0.25) is 0 Å². The van der Waals surface area contributed by atoms with Crippen LogP contribution in [0.3, 0.4) is 0 Å². The Hall–Kier alpha value is -3.67. The topological polar surface area (TPSA) is 78.9 Å². The Kier molecular flexibility index (Phi) is 65.7. The monoisotopic (exact) mass is 1130 g/mol. The number of allylic oxidation sites excluding steroid dienone is 16. The van der Waals surface area contributed by atoms with E-state index in [1.165, 1.54) is 199 Å². The first-order chi connectivity index (χ1) is 40.0. The fourth-order valence-electron chi connectivity index (χ4n) is 9.85. The van der Waals surface area contributed by atoms with Crippen molar-refractivity contribution >= 4 is 17.9 Å². The third-order valence-electron chi connectivity index (χ3n) is 15.0. The normalized spacial score (nSPS) is 12.7. The highest BCUT2D eigenvalue weighted by Crippen LogP contribution is 2.17. The van der Waals surface area contributed by atoms with Crippen molar-refractivity contribution in [3.05, 3.63) is 97.2 Å². The van der Waals surface area contributed by atoms with Crippen LogP contribution in [-0.2, 0) is 28.6 Å². The molecule has 0 aliphatic heterocycles. The van der Waals surface area contributed by atoms with E-state index in [9.17, 15) is 14.4 Å². The van der Waals surface area contributed by atoms with Gasteiger partial charge in [0.25, 0.3) is 0 Å². The minimum Gasteiger partial charge on any atom is -0.462 e. The van der Waals surface area contributed by atoms with Gasteiger partial charge in [-0.25, -0.2) is 0 Å². The number of unbranched alkanes of at least 4 members (excludes halogenated alkanes) is 36. The van der Waals surface area contributed by atoms with E-state index in [0.29, 0.717) is 19.3 Å². The van der Waals surface area contributed by atoms with Crippen LogP contribution in [0, 0.1) is 0 Å². The van der Waals surface area contributed by atoms with Gasteiger partial charge in [0.05, 0.1) is 0 Å². The van der Waals surface area contributed by atoms with Crippen molar-refractivity contribution in [3.63, 3.8) is 0 Å². The molecule has 0 amide bonds. The fourth-order valence-corrected chi connectivity index (χ4v) is 9.85. The predicted molar refractivity (Wildman–Crippen MR) is 353 cm³/mol. The van der Waals surface area contributed by atoms with E-state index in [1.807, 2.05) is 0 Å². The molecule has 0 saturated carbocycles. The highest BCUT2D eigenvalue weighted by Gasteiger charge is 2.19. The first kappa shape index (κ1) is 77.3. The largest absolute Gasteiger partial charge is 0.462 e. The lowest BCUT2D eigenvalue weighted by Crippen LogP contribution is -2.30. The molecular formula is C75H130O6. The van der Waals surface area contributed by atoms with Crippen LogP contribution in [0.15, 0.2) is 97.2 Å². The van der Waals surface area contributed by atoms with Crippen LogP contribution >= 0.6 is 0 Å². The smallest absolute Gasteiger partial charge is 0.306 e. The summed E-state index contributed by atoms with van der Waals surface area (Å²) in [4.78, 5) is 38.4. The van der Waals surface area contributed by atoms with Gasteiger partial charge in [0.1, 0.15) is 13.2 Å². The van der Waals surface area contributed by atoms with Gasteiger partial charge in [-0.2, -0.15) is 0 Å². The number of carbonyl (C=O) groups is 3. The molecule has 6 nitrogen and oxygen atoms in total. The number of hydrogen-bond donors (Lipinski definition) is 0. The van der Waals surface area contributed by atoms with E-state index in [0.717, 1.165) is 96.3 Å². The van der Waals surface area contributed by atoms with Gasteiger partial charge in [0.15, 0.2) is 6.10 Å². The third kappa shape index (κ3) is 67.0. The second-order valence-corrected chi connectivity index (χ2v) is 23.1. The zero-order chi connectivity index (χ0) is 58.5. The highest BCUT2D eigenvalue weighted by molar-refractivity contribution is 5.71. The summed E-state index contributed by atoms with van der Waals surface area (Å²) >= 11 is 0. The van der Waals surface area contributed by atoms with E-state index >= 15 is 0 Å². The molecule has 0 aliphatic carbocycles. The number of ether oxygens (including phenoxy) is 3. The zero-order valence-electron chi connectivity index (χ0n) is 53.5. The summed E-state index contributed by atoms with van der Waals surface area (Å²) < 4.78 is 16.9. The summed E-state index contributed by atoms with van der Waals surface area (Å²) in [6.07, 6.45) is 92.9. The Morgan fingerprint density at radius 1 is 0.259 bits per heavy atom. The molecule has 81 heavy (non-hydrogen) atoms. The van der Waals surface area contributed by atoms with E-state index in [-0.39, 0.29) is 37.5 Å². The van der Waals surface area contributed by atoms with Crippen LogP contribution < -0.4 is 0 Å². The van der Waals surface area contributed by atoms with Gasteiger partial charge >= 0.3 is 17.9 Å². The Labute approximate surface area is 502 Å².